The topological polar surface area (TPSA) is 53.9 Å². The highest BCUT2D eigenvalue weighted by atomic mass is 16.5. The summed E-state index contributed by atoms with van der Waals surface area (Å²) in [6.07, 6.45) is 1.75. The SMILES string of the molecule is COc1ccccc1C=C1N=C(c2ccccc2)N(Nc2ccccc2)C1=O. The van der Waals surface area contributed by atoms with E-state index >= 15 is 0 Å². The minimum absolute atomic E-state index is 0.228. The van der Waals surface area contributed by atoms with Gasteiger partial charge in [-0.05, 0) is 24.3 Å². The smallest absolute Gasteiger partial charge is 0.297 e. The van der Waals surface area contributed by atoms with E-state index < -0.39 is 0 Å². The molecule has 5 heteroatoms. The summed E-state index contributed by atoms with van der Waals surface area (Å²) in [5, 5.41) is 1.48. The number of amides is 1. The summed E-state index contributed by atoms with van der Waals surface area (Å²) >= 11 is 0. The van der Waals surface area contributed by atoms with Crippen LogP contribution in [-0.4, -0.2) is 23.9 Å². The van der Waals surface area contributed by atoms with Crippen LogP contribution in [0, 0.1) is 0 Å². The van der Waals surface area contributed by atoms with Crippen LogP contribution in [0.3, 0.4) is 0 Å². The van der Waals surface area contributed by atoms with Crippen LogP contribution in [0.15, 0.2) is 95.6 Å². The number of ether oxygens (including phenoxy) is 1. The van der Waals surface area contributed by atoms with E-state index in [1.54, 1.807) is 13.2 Å². The molecule has 1 aliphatic heterocycles. The van der Waals surface area contributed by atoms with Crippen molar-refractivity contribution in [1.82, 2.24) is 5.01 Å². The van der Waals surface area contributed by atoms with Crippen LogP contribution >= 0.6 is 0 Å². The number of nitrogens with one attached hydrogen (secondary N) is 1. The van der Waals surface area contributed by atoms with Crippen LogP contribution < -0.4 is 10.2 Å². The maximum atomic E-state index is 13.1. The first kappa shape index (κ1) is 17.5. The first-order chi connectivity index (χ1) is 13.8. The van der Waals surface area contributed by atoms with E-state index in [0.717, 1.165) is 16.8 Å². The standard InChI is InChI=1S/C23H19N3O2/c1-28-21-15-9-8-12-18(21)16-20-23(27)26(25-19-13-6-3-7-14-19)22(24-20)17-10-4-2-5-11-17/h2-16,25H,1H3. The van der Waals surface area contributed by atoms with Crippen LogP contribution in [-0.2, 0) is 4.79 Å². The molecule has 3 aromatic rings. The fourth-order valence-corrected chi connectivity index (χ4v) is 2.98. The van der Waals surface area contributed by atoms with Gasteiger partial charge in [0.05, 0.1) is 12.8 Å². The van der Waals surface area contributed by atoms with Gasteiger partial charge in [-0.3, -0.25) is 10.2 Å². The van der Waals surface area contributed by atoms with Gasteiger partial charge in [-0.2, -0.15) is 5.01 Å². The number of hydrogen-bond donors (Lipinski definition) is 1. The zero-order valence-corrected chi connectivity index (χ0v) is 15.4. The molecule has 28 heavy (non-hydrogen) atoms. The molecule has 0 fully saturated rings. The van der Waals surface area contributed by atoms with Crippen LogP contribution in [0.4, 0.5) is 5.69 Å². The zero-order chi connectivity index (χ0) is 19.3. The summed E-state index contributed by atoms with van der Waals surface area (Å²) in [5.74, 6) is 1.01. The van der Waals surface area contributed by atoms with E-state index in [1.165, 1.54) is 5.01 Å². The number of benzene rings is 3. The Labute approximate surface area is 163 Å². The van der Waals surface area contributed by atoms with Gasteiger partial charge in [-0.25, -0.2) is 4.99 Å². The van der Waals surface area contributed by atoms with Crippen molar-refractivity contribution < 1.29 is 9.53 Å². The summed E-state index contributed by atoms with van der Waals surface area (Å²) < 4.78 is 5.39. The third kappa shape index (κ3) is 3.50. The summed E-state index contributed by atoms with van der Waals surface area (Å²) in [7, 11) is 1.61. The fraction of sp³-hybridized carbons (Fsp3) is 0.0435. The predicted molar refractivity (Wildman–Crippen MR) is 111 cm³/mol. The number of nitrogens with zero attached hydrogens (tertiary/aromatic N) is 2. The molecule has 0 aliphatic carbocycles. The van der Waals surface area contributed by atoms with Gasteiger partial charge in [0, 0.05) is 11.1 Å². The molecule has 4 rings (SSSR count). The number of carbonyl (C=O) groups excluding carboxylic acids is 1. The van der Waals surface area contributed by atoms with Crippen molar-refractivity contribution in [1.29, 1.82) is 0 Å². The highest BCUT2D eigenvalue weighted by Gasteiger charge is 2.31. The Morgan fingerprint density at radius 2 is 1.54 bits per heavy atom. The molecular formula is C23H19N3O2. The van der Waals surface area contributed by atoms with Crippen LogP contribution in [0.1, 0.15) is 11.1 Å². The average Bonchev–Trinajstić information content (AvgIpc) is 3.05. The fourth-order valence-electron chi connectivity index (χ4n) is 2.98. The number of hydrazine groups is 1. The third-order valence-electron chi connectivity index (χ3n) is 4.34. The number of anilines is 1. The maximum Gasteiger partial charge on any atom is 0.297 e. The quantitative estimate of drug-likeness (QED) is 0.680. The Morgan fingerprint density at radius 3 is 2.25 bits per heavy atom. The molecule has 0 aromatic heterocycles. The van der Waals surface area contributed by atoms with E-state index in [1.807, 2.05) is 84.9 Å². The first-order valence-electron chi connectivity index (χ1n) is 8.91. The average molecular weight is 369 g/mol. The molecule has 0 bridgehead atoms. The molecule has 0 atom stereocenters. The highest BCUT2D eigenvalue weighted by Crippen LogP contribution is 2.26. The second kappa shape index (κ2) is 7.80. The molecule has 0 saturated carbocycles. The summed E-state index contributed by atoms with van der Waals surface area (Å²) in [4.78, 5) is 17.8. The summed E-state index contributed by atoms with van der Waals surface area (Å²) in [5.41, 5.74) is 5.95. The minimum atomic E-state index is -0.228. The Kier molecular flexibility index (Phi) is 4.89. The van der Waals surface area contributed by atoms with Crippen LogP contribution in [0.25, 0.3) is 6.08 Å². The highest BCUT2D eigenvalue weighted by molar-refractivity contribution is 6.20. The number of amidine groups is 1. The summed E-state index contributed by atoms with van der Waals surface area (Å²) in [6.45, 7) is 0. The van der Waals surface area contributed by atoms with Gasteiger partial charge < -0.3 is 4.74 Å². The number of para-hydroxylation sites is 2. The number of methoxy groups -OCH3 is 1. The molecule has 1 amide bonds. The van der Waals surface area contributed by atoms with Gasteiger partial charge in [-0.15, -0.1) is 0 Å². The van der Waals surface area contributed by atoms with Crippen molar-refractivity contribution >= 4 is 23.5 Å². The van der Waals surface area contributed by atoms with E-state index in [9.17, 15) is 4.79 Å². The molecule has 1 N–H and O–H groups in total. The number of rotatable bonds is 5. The lowest BCUT2D eigenvalue weighted by molar-refractivity contribution is -0.121. The van der Waals surface area contributed by atoms with Crippen molar-refractivity contribution in [3.05, 3.63) is 102 Å². The number of aliphatic imine (C=N–C) groups is 1. The maximum absolute atomic E-state index is 13.1. The zero-order valence-electron chi connectivity index (χ0n) is 15.4. The Hall–Kier alpha value is -3.86. The Bertz CT molecular complexity index is 1040. The summed E-state index contributed by atoms with van der Waals surface area (Å²) in [6, 6.07) is 26.7. The molecule has 0 unspecified atom stereocenters. The van der Waals surface area contributed by atoms with Gasteiger partial charge in [0.15, 0.2) is 5.84 Å². The lowest BCUT2D eigenvalue weighted by Crippen LogP contribution is -2.37. The van der Waals surface area contributed by atoms with Gasteiger partial charge >= 0.3 is 0 Å². The van der Waals surface area contributed by atoms with Crippen molar-refractivity contribution in [2.45, 2.75) is 0 Å². The van der Waals surface area contributed by atoms with Crippen molar-refractivity contribution in [2.24, 2.45) is 4.99 Å². The third-order valence-corrected chi connectivity index (χ3v) is 4.34. The first-order valence-corrected chi connectivity index (χ1v) is 8.91. The van der Waals surface area contributed by atoms with Crippen LogP contribution in [0.2, 0.25) is 0 Å². The van der Waals surface area contributed by atoms with Gasteiger partial charge in [-0.1, -0.05) is 66.7 Å². The second-order valence-electron chi connectivity index (χ2n) is 6.19. The minimum Gasteiger partial charge on any atom is -0.496 e. The lowest BCUT2D eigenvalue weighted by Gasteiger charge is -2.20. The molecular weight excluding hydrogens is 350 g/mol. The Morgan fingerprint density at radius 1 is 0.893 bits per heavy atom. The molecule has 0 saturated heterocycles. The van der Waals surface area contributed by atoms with E-state index in [2.05, 4.69) is 10.4 Å². The number of carbonyl (C=O) groups is 1. The largest absolute Gasteiger partial charge is 0.496 e. The van der Waals surface area contributed by atoms with E-state index in [0.29, 0.717) is 17.3 Å². The van der Waals surface area contributed by atoms with Gasteiger partial charge in [0.1, 0.15) is 11.4 Å². The molecule has 0 spiro atoms. The van der Waals surface area contributed by atoms with Crippen molar-refractivity contribution in [3.63, 3.8) is 0 Å². The van der Waals surface area contributed by atoms with Crippen molar-refractivity contribution in [3.8, 4) is 5.75 Å². The van der Waals surface area contributed by atoms with Crippen molar-refractivity contribution in [2.75, 3.05) is 12.5 Å². The number of hydrogen-bond acceptors (Lipinski definition) is 4. The second-order valence-corrected chi connectivity index (χ2v) is 6.19. The van der Waals surface area contributed by atoms with Gasteiger partial charge in [0.2, 0.25) is 0 Å². The van der Waals surface area contributed by atoms with Gasteiger partial charge in [0.25, 0.3) is 5.91 Å². The Balaban J connectivity index is 1.75. The predicted octanol–water partition coefficient (Wildman–Crippen LogP) is 4.35. The molecule has 5 nitrogen and oxygen atoms in total. The normalized spacial score (nSPS) is 14.9. The van der Waals surface area contributed by atoms with Crippen LogP contribution in [0.5, 0.6) is 5.75 Å². The van der Waals surface area contributed by atoms with E-state index in [4.69, 9.17) is 4.74 Å². The molecule has 1 aliphatic rings. The molecule has 138 valence electrons. The van der Waals surface area contributed by atoms with E-state index in [-0.39, 0.29) is 5.91 Å². The molecule has 1 heterocycles. The molecule has 0 radical (unpaired) electrons. The molecule has 3 aromatic carbocycles. The lowest BCUT2D eigenvalue weighted by atomic mass is 10.1. The monoisotopic (exact) mass is 369 g/mol.